The fourth-order valence-electron chi connectivity index (χ4n) is 4.40. The first kappa shape index (κ1) is 17.4. The lowest BCUT2D eigenvalue weighted by Gasteiger charge is -2.44. The summed E-state index contributed by atoms with van der Waals surface area (Å²) in [6, 6.07) is 6.63. The number of halogens is 1. The van der Waals surface area contributed by atoms with Gasteiger partial charge in [-0.15, -0.1) is 0 Å². The molecule has 1 N–H and O–H groups in total. The topological polar surface area (TPSA) is 43.8 Å². The van der Waals surface area contributed by atoms with Crippen LogP contribution in [0.3, 0.4) is 0 Å². The van der Waals surface area contributed by atoms with Gasteiger partial charge in [0.25, 0.3) is 0 Å². The van der Waals surface area contributed by atoms with E-state index in [1.165, 1.54) is 12.1 Å². The number of carbonyl (C=O) groups is 1. The highest BCUT2D eigenvalue weighted by molar-refractivity contribution is 5.78. The number of aliphatic hydroxyl groups is 1. The van der Waals surface area contributed by atoms with Gasteiger partial charge in [-0.2, -0.15) is 0 Å². The van der Waals surface area contributed by atoms with E-state index in [2.05, 4.69) is 4.90 Å². The van der Waals surface area contributed by atoms with Crippen molar-refractivity contribution in [2.75, 3.05) is 19.6 Å². The number of amides is 1. The van der Waals surface area contributed by atoms with Crippen LogP contribution in [0, 0.1) is 5.82 Å². The second-order valence-corrected chi connectivity index (χ2v) is 7.07. The van der Waals surface area contributed by atoms with E-state index in [0.29, 0.717) is 19.4 Å². The molecule has 0 aromatic heterocycles. The molecule has 2 unspecified atom stereocenters. The fourth-order valence-corrected chi connectivity index (χ4v) is 4.40. The van der Waals surface area contributed by atoms with Gasteiger partial charge in [0.15, 0.2) is 0 Å². The van der Waals surface area contributed by atoms with Crippen LogP contribution >= 0.6 is 0 Å². The molecule has 2 fully saturated rings. The zero-order valence-electron chi connectivity index (χ0n) is 14.5. The van der Waals surface area contributed by atoms with Crippen LogP contribution in [-0.4, -0.2) is 52.5 Å². The van der Waals surface area contributed by atoms with Crippen LogP contribution in [0.25, 0.3) is 0 Å². The predicted molar refractivity (Wildman–Crippen MR) is 91.0 cm³/mol. The van der Waals surface area contributed by atoms with E-state index in [9.17, 15) is 14.3 Å². The number of fused-ring (bicyclic) bond motifs is 2. The Hall–Kier alpha value is -1.46. The highest BCUT2D eigenvalue weighted by Crippen LogP contribution is 2.45. The molecular weight excluding hydrogens is 307 g/mol. The summed E-state index contributed by atoms with van der Waals surface area (Å²) in [5.41, 5.74) is -0.121. The van der Waals surface area contributed by atoms with Gasteiger partial charge in [0, 0.05) is 25.2 Å². The van der Waals surface area contributed by atoms with Gasteiger partial charge in [-0.1, -0.05) is 12.1 Å². The van der Waals surface area contributed by atoms with Gasteiger partial charge in [0.2, 0.25) is 5.91 Å². The van der Waals surface area contributed by atoms with Crippen LogP contribution in [0.4, 0.5) is 4.39 Å². The Kier molecular flexibility index (Phi) is 4.92. The average Bonchev–Trinajstić information content (AvgIpc) is 2.80. The lowest BCUT2D eigenvalue weighted by molar-refractivity contribution is -0.135. The molecular formula is C19H27FN2O2. The first-order valence-corrected chi connectivity index (χ1v) is 8.98. The highest BCUT2D eigenvalue weighted by Gasteiger charge is 2.48. The number of benzene rings is 1. The Labute approximate surface area is 143 Å². The molecule has 1 aromatic carbocycles. The van der Waals surface area contributed by atoms with Gasteiger partial charge < -0.3 is 10.0 Å². The molecule has 4 nitrogen and oxygen atoms in total. The average molecular weight is 334 g/mol. The first-order chi connectivity index (χ1) is 11.5. The minimum Gasteiger partial charge on any atom is -0.385 e. The van der Waals surface area contributed by atoms with Crippen LogP contribution in [0.15, 0.2) is 24.3 Å². The molecule has 0 aliphatic carbocycles. The normalized spacial score (nSPS) is 29.7. The van der Waals surface area contributed by atoms with Crippen LogP contribution in [0.5, 0.6) is 0 Å². The number of likely N-dealkylation sites (N-methyl/N-ethyl adjacent to an activating group) is 1. The first-order valence-electron chi connectivity index (χ1n) is 8.98. The molecule has 5 heteroatoms. The van der Waals surface area contributed by atoms with Crippen LogP contribution < -0.4 is 0 Å². The minimum absolute atomic E-state index is 0.170. The van der Waals surface area contributed by atoms with Gasteiger partial charge in [-0.25, -0.2) is 4.39 Å². The maximum Gasteiger partial charge on any atom is 0.236 e. The summed E-state index contributed by atoms with van der Waals surface area (Å²) in [6.07, 6.45) is 3.25. The Balaban J connectivity index is 1.72. The zero-order chi connectivity index (χ0) is 17.3. The second kappa shape index (κ2) is 6.81. The third-order valence-corrected chi connectivity index (χ3v) is 5.73. The SMILES string of the molecule is CCN(CC)C(=O)CN1C2CCC1CC(O)(c1ccc(F)cc1)C2. The molecule has 3 rings (SSSR count). The number of hydrogen-bond donors (Lipinski definition) is 1. The molecule has 2 heterocycles. The van der Waals surface area contributed by atoms with Gasteiger partial charge in [0.1, 0.15) is 5.82 Å². The Morgan fingerprint density at radius 3 is 2.25 bits per heavy atom. The Bertz CT molecular complexity index is 572. The van der Waals surface area contributed by atoms with Crippen LogP contribution in [0.2, 0.25) is 0 Å². The standard InChI is InChI=1S/C19H27FN2O2/c1-3-21(4-2)18(23)13-22-16-9-10-17(22)12-19(24,11-16)14-5-7-15(20)8-6-14/h5-8,16-17,24H,3-4,9-13H2,1-2H3. The summed E-state index contributed by atoms with van der Waals surface area (Å²) in [5, 5.41) is 11.1. The molecule has 24 heavy (non-hydrogen) atoms. The summed E-state index contributed by atoms with van der Waals surface area (Å²) in [4.78, 5) is 16.6. The monoisotopic (exact) mass is 334 g/mol. The summed E-state index contributed by atoms with van der Waals surface area (Å²) < 4.78 is 13.2. The van der Waals surface area contributed by atoms with Crippen molar-refractivity contribution in [3.63, 3.8) is 0 Å². The molecule has 0 radical (unpaired) electrons. The number of rotatable bonds is 5. The van der Waals surface area contributed by atoms with E-state index >= 15 is 0 Å². The molecule has 132 valence electrons. The second-order valence-electron chi connectivity index (χ2n) is 7.07. The quantitative estimate of drug-likeness (QED) is 0.900. The zero-order valence-corrected chi connectivity index (χ0v) is 14.5. The molecule has 2 saturated heterocycles. The van der Waals surface area contributed by atoms with Crippen molar-refractivity contribution in [2.45, 2.75) is 57.2 Å². The molecule has 2 atom stereocenters. The van der Waals surface area contributed by atoms with Crippen molar-refractivity contribution in [3.05, 3.63) is 35.6 Å². The maximum atomic E-state index is 13.2. The van der Waals surface area contributed by atoms with Crippen molar-refractivity contribution in [3.8, 4) is 0 Å². The van der Waals surface area contributed by atoms with E-state index in [1.54, 1.807) is 12.1 Å². The highest BCUT2D eigenvalue weighted by atomic mass is 19.1. The third kappa shape index (κ3) is 3.20. The number of carbonyl (C=O) groups excluding carboxylic acids is 1. The van der Waals surface area contributed by atoms with E-state index in [-0.39, 0.29) is 23.8 Å². The summed E-state index contributed by atoms with van der Waals surface area (Å²) in [6.45, 7) is 5.91. The molecule has 2 bridgehead atoms. The van der Waals surface area contributed by atoms with Gasteiger partial charge >= 0.3 is 0 Å². The lowest BCUT2D eigenvalue weighted by Crippen LogP contribution is -2.53. The molecule has 0 saturated carbocycles. The van der Waals surface area contributed by atoms with E-state index in [1.807, 2.05) is 18.7 Å². The van der Waals surface area contributed by atoms with Crippen molar-refractivity contribution < 1.29 is 14.3 Å². The molecule has 0 spiro atoms. The molecule has 1 amide bonds. The fraction of sp³-hybridized carbons (Fsp3) is 0.632. The Morgan fingerprint density at radius 2 is 1.75 bits per heavy atom. The molecule has 1 aromatic rings. The van der Waals surface area contributed by atoms with Gasteiger partial charge in [-0.3, -0.25) is 9.69 Å². The van der Waals surface area contributed by atoms with Gasteiger partial charge in [0.05, 0.1) is 12.1 Å². The van der Waals surface area contributed by atoms with E-state index < -0.39 is 5.60 Å². The third-order valence-electron chi connectivity index (χ3n) is 5.73. The van der Waals surface area contributed by atoms with Crippen molar-refractivity contribution in [1.29, 1.82) is 0 Å². The van der Waals surface area contributed by atoms with Gasteiger partial charge in [-0.05, 0) is 57.2 Å². The van der Waals surface area contributed by atoms with E-state index in [4.69, 9.17) is 0 Å². The summed E-state index contributed by atoms with van der Waals surface area (Å²) >= 11 is 0. The largest absolute Gasteiger partial charge is 0.385 e. The van der Waals surface area contributed by atoms with E-state index in [0.717, 1.165) is 31.5 Å². The van der Waals surface area contributed by atoms with Crippen molar-refractivity contribution in [2.24, 2.45) is 0 Å². The molecule has 2 aliphatic heterocycles. The van der Waals surface area contributed by atoms with Crippen LogP contribution in [-0.2, 0) is 10.4 Å². The Morgan fingerprint density at radius 1 is 1.21 bits per heavy atom. The van der Waals surface area contributed by atoms with Crippen molar-refractivity contribution >= 4 is 5.91 Å². The number of hydrogen-bond acceptors (Lipinski definition) is 3. The smallest absolute Gasteiger partial charge is 0.236 e. The predicted octanol–water partition coefficient (Wildman–Crippen LogP) is 2.51. The van der Waals surface area contributed by atoms with Crippen LogP contribution in [0.1, 0.15) is 45.1 Å². The lowest BCUT2D eigenvalue weighted by atomic mass is 9.80. The number of nitrogens with zero attached hydrogens (tertiary/aromatic N) is 2. The number of piperidine rings is 1. The summed E-state index contributed by atoms with van der Waals surface area (Å²) in [7, 11) is 0. The van der Waals surface area contributed by atoms with Crippen molar-refractivity contribution in [1.82, 2.24) is 9.80 Å². The minimum atomic E-state index is -0.908. The summed E-state index contributed by atoms with van der Waals surface area (Å²) in [5.74, 6) is -0.114. The maximum absolute atomic E-state index is 13.2. The molecule has 2 aliphatic rings.